The largest absolute Gasteiger partial charge is 0.426 e. The van der Waals surface area contributed by atoms with E-state index in [0.29, 0.717) is 5.75 Å². The van der Waals surface area contributed by atoms with Gasteiger partial charge in [-0.3, -0.25) is 4.79 Å². The van der Waals surface area contributed by atoms with E-state index in [1.807, 2.05) is 12.1 Å². The third kappa shape index (κ3) is 11.2. The molecule has 2 nitrogen and oxygen atoms in total. The molecular weight excluding hydrogens is 368 g/mol. The number of hydrogen-bond acceptors (Lipinski definition) is 2. The molecule has 0 aliphatic rings. The number of benzene rings is 1. The lowest BCUT2D eigenvalue weighted by atomic mass is 9.80. The Hall–Kier alpha value is -1.31. The standard InChI is InChI=1S/C28H48O2/c1-5-8-11-13-14-15-16-18-25-19-21-26(22-20-25)30-27(29)28(4,23-10-7-3)24-17-12-9-6-2/h19-22H,5-18,23-24H2,1-4H3. The van der Waals surface area contributed by atoms with E-state index in [1.54, 1.807) is 0 Å². The van der Waals surface area contributed by atoms with Crippen LogP contribution in [0.5, 0.6) is 5.75 Å². The lowest BCUT2D eigenvalue weighted by Crippen LogP contribution is -2.32. The van der Waals surface area contributed by atoms with Crippen molar-refractivity contribution < 1.29 is 9.53 Å². The van der Waals surface area contributed by atoms with Crippen molar-refractivity contribution in [3.63, 3.8) is 0 Å². The van der Waals surface area contributed by atoms with Crippen LogP contribution in [-0.2, 0) is 11.2 Å². The first-order chi connectivity index (χ1) is 14.6. The van der Waals surface area contributed by atoms with E-state index in [0.717, 1.165) is 38.5 Å². The zero-order chi connectivity index (χ0) is 22.1. The Kier molecular flexibility index (Phi) is 14.6. The number of rotatable bonds is 18. The molecule has 2 heteroatoms. The molecule has 0 N–H and O–H groups in total. The molecule has 172 valence electrons. The summed E-state index contributed by atoms with van der Waals surface area (Å²) in [5.41, 5.74) is 0.983. The van der Waals surface area contributed by atoms with Crippen LogP contribution >= 0.6 is 0 Å². The maximum absolute atomic E-state index is 13.0. The van der Waals surface area contributed by atoms with Crippen LogP contribution in [0.15, 0.2) is 24.3 Å². The van der Waals surface area contributed by atoms with E-state index in [9.17, 15) is 4.79 Å². The molecule has 1 rings (SSSR count). The number of hydrogen-bond donors (Lipinski definition) is 0. The first-order valence-electron chi connectivity index (χ1n) is 12.9. The van der Waals surface area contributed by atoms with Gasteiger partial charge in [0, 0.05) is 0 Å². The average molecular weight is 417 g/mol. The van der Waals surface area contributed by atoms with Crippen molar-refractivity contribution in [1.82, 2.24) is 0 Å². The fourth-order valence-corrected chi connectivity index (χ4v) is 4.08. The van der Waals surface area contributed by atoms with E-state index in [4.69, 9.17) is 4.74 Å². The number of esters is 1. The Morgan fingerprint density at radius 1 is 0.700 bits per heavy atom. The summed E-state index contributed by atoms with van der Waals surface area (Å²) >= 11 is 0. The van der Waals surface area contributed by atoms with Crippen molar-refractivity contribution >= 4 is 5.97 Å². The van der Waals surface area contributed by atoms with Crippen molar-refractivity contribution in [1.29, 1.82) is 0 Å². The summed E-state index contributed by atoms with van der Waals surface area (Å²) in [7, 11) is 0. The summed E-state index contributed by atoms with van der Waals surface area (Å²) in [4.78, 5) is 13.0. The second-order valence-electron chi connectivity index (χ2n) is 9.38. The highest BCUT2D eigenvalue weighted by molar-refractivity contribution is 5.78. The molecule has 0 saturated heterocycles. The topological polar surface area (TPSA) is 26.3 Å². The normalized spacial score (nSPS) is 13.2. The lowest BCUT2D eigenvalue weighted by molar-refractivity contribution is -0.146. The van der Waals surface area contributed by atoms with Gasteiger partial charge in [0.25, 0.3) is 0 Å². The van der Waals surface area contributed by atoms with Crippen LogP contribution in [0, 0.1) is 5.41 Å². The Balaban J connectivity index is 2.47. The van der Waals surface area contributed by atoms with E-state index < -0.39 is 0 Å². The van der Waals surface area contributed by atoms with Crippen LogP contribution < -0.4 is 4.74 Å². The van der Waals surface area contributed by atoms with E-state index in [2.05, 4.69) is 39.8 Å². The number of carbonyl (C=O) groups excluding carboxylic acids is 1. The molecule has 30 heavy (non-hydrogen) atoms. The molecule has 0 saturated carbocycles. The van der Waals surface area contributed by atoms with Crippen molar-refractivity contribution in [2.45, 2.75) is 130 Å². The van der Waals surface area contributed by atoms with Crippen molar-refractivity contribution in [2.24, 2.45) is 5.41 Å². The molecule has 0 spiro atoms. The second kappa shape index (κ2) is 16.4. The van der Waals surface area contributed by atoms with E-state index >= 15 is 0 Å². The number of aryl methyl sites for hydroxylation is 1. The SMILES string of the molecule is CCCCCCCCCc1ccc(OC(=O)C(C)(CCCC)CCCCCC)cc1. The Bertz CT molecular complexity index is 548. The zero-order valence-electron chi connectivity index (χ0n) is 20.4. The zero-order valence-corrected chi connectivity index (χ0v) is 20.4. The smallest absolute Gasteiger partial charge is 0.317 e. The minimum Gasteiger partial charge on any atom is -0.426 e. The van der Waals surface area contributed by atoms with E-state index in [-0.39, 0.29) is 11.4 Å². The van der Waals surface area contributed by atoms with Gasteiger partial charge >= 0.3 is 5.97 Å². The molecule has 0 heterocycles. The highest BCUT2D eigenvalue weighted by Crippen LogP contribution is 2.33. The van der Waals surface area contributed by atoms with Gasteiger partial charge in [-0.15, -0.1) is 0 Å². The highest BCUT2D eigenvalue weighted by Gasteiger charge is 2.34. The Morgan fingerprint density at radius 3 is 1.80 bits per heavy atom. The summed E-state index contributed by atoms with van der Waals surface area (Å²) in [6, 6.07) is 8.21. The third-order valence-electron chi connectivity index (χ3n) is 6.36. The van der Waals surface area contributed by atoms with Crippen LogP contribution in [0.3, 0.4) is 0 Å². The highest BCUT2D eigenvalue weighted by atomic mass is 16.5. The van der Waals surface area contributed by atoms with Gasteiger partial charge in [-0.2, -0.15) is 0 Å². The van der Waals surface area contributed by atoms with Gasteiger partial charge in [-0.25, -0.2) is 0 Å². The molecule has 0 aliphatic carbocycles. The molecular formula is C28H48O2. The molecule has 1 aromatic rings. The quantitative estimate of drug-likeness (QED) is 0.135. The molecule has 1 aromatic carbocycles. The molecule has 0 radical (unpaired) electrons. The van der Waals surface area contributed by atoms with Crippen LogP contribution in [0.25, 0.3) is 0 Å². The fraction of sp³-hybridized carbons (Fsp3) is 0.750. The predicted octanol–water partition coefficient (Wildman–Crippen LogP) is 9.05. The minimum absolute atomic E-state index is 0.0488. The molecule has 1 atom stereocenters. The van der Waals surface area contributed by atoms with E-state index in [1.165, 1.54) is 69.8 Å². The van der Waals surface area contributed by atoms with Crippen molar-refractivity contribution in [2.75, 3.05) is 0 Å². The first-order valence-corrected chi connectivity index (χ1v) is 12.9. The molecule has 1 unspecified atom stereocenters. The van der Waals surface area contributed by atoms with Gasteiger partial charge in [0.05, 0.1) is 5.41 Å². The van der Waals surface area contributed by atoms with Crippen LogP contribution in [0.4, 0.5) is 0 Å². The fourth-order valence-electron chi connectivity index (χ4n) is 4.08. The molecule has 0 aliphatic heterocycles. The van der Waals surface area contributed by atoms with Gasteiger partial charge in [-0.05, 0) is 50.3 Å². The maximum atomic E-state index is 13.0. The first kappa shape index (κ1) is 26.7. The van der Waals surface area contributed by atoms with Gasteiger partial charge in [0.1, 0.15) is 5.75 Å². The molecule has 0 bridgehead atoms. The summed E-state index contributed by atoms with van der Waals surface area (Å²) in [5, 5.41) is 0. The molecule has 0 amide bonds. The van der Waals surface area contributed by atoms with Gasteiger partial charge in [-0.1, -0.05) is 110 Å². The minimum atomic E-state index is -0.361. The van der Waals surface area contributed by atoms with Crippen LogP contribution in [0.2, 0.25) is 0 Å². The second-order valence-corrected chi connectivity index (χ2v) is 9.38. The number of unbranched alkanes of at least 4 members (excludes halogenated alkanes) is 10. The van der Waals surface area contributed by atoms with Crippen LogP contribution in [0.1, 0.15) is 130 Å². The summed E-state index contributed by atoms with van der Waals surface area (Å²) in [5.74, 6) is 0.645. The van der Waals surface area contributed by atoms with Gasteiger partial charge in [0.15, 0.2) is 0 Å². The van der Waals surface area contributed by atoms with Crippen LogP contribution in [-0.4, -0.2) is 5.97 Å². The number of carbonyl (C=O) groups is 1. The molecule has 0 aromatic heterocycles. The predicted molar refractivity (Wildman–Crippen MR) is 130 cm³/mol. The van der Waals surface area contributed by atoms with Crippen molar-refractivity contribution in [3.05, 3.63) is 29.8 Å². The Labute approximate surface area is 187 Å². The summed E-state index contributed by atoms with van der Waals surface area (Å²) in [6.45, 7) is 8.78. The van der Waals surface area contributed by atoms with Crippen molar-refractivity contribution in [3.8, 4) is 5.75 Å². The average Bonchev–Trinajstić information content (AvgIpc) is 2.76. The summed E-state index contributed by atoms with van der Waals surface area (Å²) < 4.78 is 5.83. The maximum Gasteiger partial charge on any atom is 0.317 e. The number of ether oxygens (including phenoxy) is 1. The third-order valence-corrected chi connectivity index (χ3v) is 6.36. The molecule has 0 fully saturated rings. The van der Waals surface area contributed by atoms with Gasteiger partial charge < -0.3 is 4.74 Å². The lowest BCUT2D eigenvalue weighted by Gasteiger charge is -2.27. The monoisotopic (exact) mass is 416 g/mol. The van der Waals surface area contributed by atoms with Gasteiger partial charge in [0.2, 0.25) is 0 Å². The Morgan fingerprint density at radius 2 is 1.20 bits per heavy atom. The summed E-state index contributed by atoms with van der Waals surface area (Å²) in [6.07, 6.45) is 19.3.